The Morgan fingerprint density at radius 3 is 2.62 bits per heavy atom. The summed E-state index contributed by atoms with van der Waals surface area (Å²) in [7, 11) is 0. The summed E-state index contributed by atoms with van der Waals surface area (Å²) in [5.41, 5.74) is 1.13. The van der Waals surface area contributed by atoms with Crippen molar-refractivity contribution in [2.45, 2.75) is 6.54 Å². The molecule has 0 unspecified atom stereocenters. The molecule has 1 heterocycles. The Morgan fingerprint density at radius 1 is 1.10 bits per heavy atom. The van der Waals surface area contributed by atoms with Crippen LogP contribution in [0, 0.1) is 5.82 Å². The second kappa shape index (κ2) is 5.13. The number of amides is 1. The number of anilines is 1. The number of benzene rings is 2. The van der Waals surface area contributed by atoms with Gasteiger partial charge in [0, 0.05) is 5.02 Å². The van der Waals surface area contributed by atoms with Crippen LogP contribution in [0.2, 0.25) is 10.0 Å². The first kappa shape index (κ1) is 14.0. The zero-order chi connectivity index (χ0) is 15.1. The van der Waals surface area contributed by atoms with Crippen LogP contribution >= 0.6 is 23.2 Å². The van der Waals surface area contributed by atoms with Crippen LogP contribution < -0.4 is 4.90 Å². The van der Waals surface area contributed by atoms with Crippen LogP contribution in [0.15, 0.2) is 36.4 Å². The Bertz CT molecular complexity index is 776. The largest absolute Gasteiger partial charge is 0.300 e. The molecule has 6 heteroatoms. The molecule has 1 amide bonds. The van der Waals surface area contributed by atoms with Gasteiger partial charge in [0.2, 0.25) is 0 Å². The molecule has 3 nitrogen and oxygen atoms in total. The average Bonchev–Trinajstić information content (AvgIpc) is 2.69. The van der Waals surface area contributed by atoms with Crippen molar-refractivity contribution in [3.05, 3.63) is 63.4 Å². The van der Waals surface area contributed by atoms with Crippen LogP contribution in [-0.4, -0.2) is 11.7 Å². The Kier molecular flexibility index (Phi) is 3.43. The lowest BCUT2D eigenvalue weighted by Crippen LogP contribution is -2.29. The number of carbonyl (C=O) groups excluding carboxylic acids is 2. The van der Waals surface area contributed by atoms with Gasteiger partial charge in [-0.3, -0.25) is 9.59 Å². The van der Waals surface area contributed by atoms with Gasteiger partial charge in [-0.25, -0.2) is 4.39 Å². The van der Waals surface area contributed by atoms with Crippen LogP contribution in [0.3, 0.4) is 0 Å². The maximum atomic E-state index is 13.5. The highest BCUT2D eigenvalue weighted by atomic mass is 35.5. The molecule has 106 valence electrons. The third-order valence-corrected chi connectivity index (χ3v) is 3.95. The molecule has 3 rings (SSSR count). The summed E-state index contributed by atoms with van der Waals surface area (Å²) >= 11 is 11.7. The molecule has 0 saturated carbocycles. The number of halogens is 3. The first-order valence-corrected chi connectivity index (χ1v) is 6.83. The predicted molar refractivity (Wildman–Crippen MR) is 78.4 cm³/mol. The first-order valence-electron chi connectivity index (χ1n) is 6.07. The molecule has 0 atom stereocenters. The zero-order valence-corrected chi connectivity index (χ0v) is 12.1. The molecule has 2 aromatic carbocycles. The molecule has 2 aromatic rings. The van der Waals surface area contributed by atoms with E-state index < -0.39 is 17.5 Å². The van der Waals surface area contributed by atoms with Crippen molar-refractivity contribution in [3.8, 4) is 0 Å². The molecule has 0 radical (unpaired) electrons. The average molecular weight is 324 g/mol. The van der Waals surface area contributed by atoms with Crippen LogP contribution in [0.5, 0.6) is 0 Å². The van der Waals surface area contributed by atoms with Gasteiger partial charge in [0.05, 0.1) is 22.8 Å². The summed E-state index contributed by atoms with van der Waals surface area (Å²) in [6, 6.07) is 8.97. The Hall–Kier alpha value is -1.91. The van der Waals surface area contributed by atoms with Crippen LogP contribution in [0.4, 0.5) is 10.1 Å². The number of ketones is 1. The first-order chi connectivity index (χ1) is 9.99. The van der Waals surface area contributed by atoms with Crippen molar-refractivity contribution in [3.63, 3.8) is 0 Å². The van der Waals surface area contributed by atoms with E-state index in [1.165, 1.54) is 23.1 Å². The topological polar surface area (TPSA) is 37.4 Å². The highest BCUT2D eigenvalue weighted by Crippen LogP contribution is 2.33. The van der Waals surface area contributed by atoms with Gasteiger partial charge in [0.25, 0.3) is 11.7 Å². The van der Waals surface area contributed by atoms with Crippen molar-refractivity contribution in [1.29, 1.82) is 0 Å². The number of carbonyl (C=O) groups is 2. The standard InChI is InChI=1S/C15H8Cl2FNO2/c16-9-4-5-12-10(6-9)14(20)15(21)19(12)7-8-2-1-3-11(18)13(8)17/h1-6H,7H2. The Morgan fingerprint density at radius 2 is 1.86 bits per heavy atom. The van der Waals surface area contributed by atoms with Crippen LogP contribution in [0.1, 0.15) is 15.9 Å². The molecule has 0 fully saturated rings. The van der Waals surface area contributed by atoms with Crippen molar-refractivity contribution in [2.75, 3.05) is 4.90 Å². The summed E-state index contributed by atoms with van der Waals surface area (Å²) in [4.78, 5) is 25.3. The van der Waals surface area contributed by atoms with Crippen molar-refractivity contribution in [1.82, 2.24) is 0 Å². The fourth-order valence-corrected chi connectivity index (χ4v) is 2.63. The molecular weight excluding hydrogens is 316 g/mol. The number of hydrogen-bond acceptors (Lipinski definition) is 2. The molecule has 0 aliphatic carbocycles. The number of fused-ring (bicyclic) bond motifs is 1. The van der Waals surface area contributed by atoms with Crippen molar-refractivity contribution >= 4 is 40.6 Å². The second-order valence-corrected chi connectivity index (χ2v) is 5.41. The van der Waals surface area contributed by atoms with E-state index in [0.717, 1.165) is 0 Å². The van der Waals surface area contributed by atoms with E-state index in [9.17, 15) is 14.0 Å². The molecule has 0 saturated heterocycles. The highest BCUT2D eigenvalue weighted by Gasteiger charge is 2.36. The highest BCUT2D eigenvalue weighted by molar-refractivity contribution is 6.52. The number of rotatable bonds is 2. The number of hydrogen-bond donors (Lipinski definition) is 0. The van der Waals surface area contributed by atoms with Crippen molar-refractivity contribution < 1.29 is 14.0 Å². The Labute approximate surface area is 129 Å². The van der Waals surface area contributed by atoms with E-state index in [2.05, 4.69) is 0 Å². The molecule has 0 bridgehead atoms. The molecule has 0 N–H and O–H groups in total. The zero-order valence-electron chi connectivity index (χ0n) is 10.6. The SMILES string of the molecule is O=C1C(=O)N(Cc2cccc(F)c2Cl)c2ccc(Cl)cc21. The molecule has 21 heavy (non-hydrogen) atoms. The van der Waals surface area contributed by atoms with E-state index in [0.29, 0.717) is 16.3 Å². The van der Waals surface area contributed by atoms with Gasteiger partial charge in [-0.1, -0.05) is 35.3 Å². The van der Waals surface area contributed by atoms with Gasteiger partial charge in [-0.05, 0) is 29.8 Å². The molecule has 1 aliphatic rings. The fourth-order valence-electron chi connectivity index (χ4n) is 2.27. The summed E-state index contributed by atoms with van der Waals surface area (Å²) in [6.07, 6.45) is 0. The quantitative estimate of drug-likeness (QED) is 0.787. The van der Waals surface area contributed by atoms with Gasteiger partial charge in [0.1, 0.15) is 5.82 Å². The summed E-state index contributed by atoms with van der Waals surface area (Å²) in [6.45, 7) is 0.0236. The fraction of sp³-hybridized carbons (Fsp3) is 0.0667. The molecular formula is C15H8Cl2FNO2. The van der Waals surface area contributed by atoms with E-state index >= 15 is 0 Å². The van der Waals surface area contributed by atoms with Gasteiger partial charge >= 0.3 is 0 Å². The van der Waals surface area contributed by atoms with Crippen LogP contribution in [-0.2, 0) is 11.3 Å². The van der Waals surface area contributed by atoms with E-state index in [1.54, 1.807) is 18.2 Å². The van der Waals surface area contributed by atoms with Gasteiger partial charge in [-0.15, -0.1) is 0 Å². The maximum absolute atomic E-state index is 13.5. The Balaban J connectivity index is 2.03. The lowest BCUT2D eigenvalue weighted by atomic mass is 10.1. The minimum absolute atomic E-state index is 0.0236. The monoisotopic (exact) mass is 323 g/mol. The van der Waals surface area contributed by atoms with Crippen molar-refractivity contribution in [2.24, 2.45) is 0 Å². The predicted octanol–water partition coefficient (Wildman–Crippen LogP) is 3.86. The molecule has 0 aromatic heterocycles. The van der Waals surface area contributed by atoms with Gasteiger partial charge < -0.3 is 4.90 Å². The summed E-state index contributed by atoms with van der Waals surface area (Å²) in [5.74, 6) is -1.86. The van der Waals surface area contributed by atoms with Crippen LogP contribution in [0.25, 0.3) is 0 Å². The number of Topliss-reactive ketones (excluding diaryl/α,β-unsaturated/α-hetero) is 1. The lowest BCUT2D eigenvalue weighted by Gasteiger charge is -2.17. The second-order valence-electron chi connectivity index (χ2n) is 4.59. The third kappa shape index (κ3) is 2.30. The third-order valence-electron chi connectivity index (χ3n) is 3.29. The maximum Gasteiger partial charge on any atom is 0.299 e. The lowest BCUT2D eigenvalue weighted by molar-refractivity contribution is -0.114. The smallest absolute Gasteiger partial charge is 0.299 e. The molecule has 1 aliphatic heterocycles. The normalized spacial score (nSPS) is 13.8. The van der Waals surface area contributed by atoms with Gasteiger partial charge in [0.15, 0.2) is 0 Å². The van der Waals surface area contributed by atoms with E-state index in [-0.39, 0.29) is 17.1 Å². The van der Waals surface area contributed by atoms with Gasteiger partial charge in [-0.2, -0.15) is 0 Å². The van der Waals surface area contributed by atoms with E-state index in [4.69, 9.17) is 23.2 Å². The minimum Gasteiger partial charge on any atom is -0.300 e. The summed E-state index contributed by atoms with van der Waals surface area (Å²) < 4.78 is 13.5. The number of nitrogens with zero attached hydrogens (tertiary/aromatic N) is 1. The minimum atomic E-state index is -0.674. The molecule has 0 spiro atoms. The van der Waals surface area contributed by atoms with E-state index in [1.807, 2.05) is 0 Å². The summed E-state index contributed by atoms with van der Waals surface area (Å²) in [5, 5.41) is 0.320.